The normalized spacial score (nSPS) is 12.7. The van der Waals surface area contributed by atoms with Gasteiger partial charge in [-0.2, -0.15) is 0 Å². The van der Waals surface area contributed by atoms with Crippen molar-refractivity contribution in [2.24, 2.45) is 5.73 Å². The molecule has 0 radical (unpaired) electrons. The van der Waals surface area contributed by atoms with Crippen LogP contribution >= 0.6 is 33.9 Å². The van der Waals surface area contributed by atoms with Gasteiger partial charge in [-0.25, -0.2) is 0 Å². The molecule has 2 N–H and O–H groups in total. The van der Waals surface area contributed by atoms with Crippen molar-refractivity contribution >= 4 is 33.9 Å². The summed E-state index contributed by atoms with van der Waals surface area (Å²) in [6, 6.07) is 8.94. The molecule has 17 heavy (non-hydrogen) atoms. The first kappa shape index (κ1) is 13.1. The molecule has 0 fully saturated rings. The summed E-state index contributed by atoms with van der Waals surface area (Å²) >= 11 is 4.09. The van der Waals surface area contributed by atoms with Crippen molar-refractivity contribution in [3.8, 4) is 0 Å². The Kier molecular flexibility index (Phi) is 4.22. The molecular formula is C14H16INS. The molecule has 0 spiro atoms. The molecule has 1 atom stereocenters. The Morgan fingerprint density at radius 3 is 2.35 bits per heavy atom. The molecule has 0 aliphatic carbocycles. The van der Waals surface area contributed by atoms with Crippen molar-refractivity contribution in [3.63, 3.8) is 0 Å². The molecule has 1 aromatic carbocycles. The van der Waals surface area contributed by atoms with Crippen LogP contribution in [-0.4, -0.2) is 0 Å². The highest BCUT2D eigenvalue weighted by Gasteiger charge is 2.09. The van der Waals surface area contributed by atoms with Gasteiger partial charge in [0.25, 0.3) is 0 Å². The second-order valence-electron chi connectivity index (χ2n) is 4.49. The van der Waals surface area contributed by atoms with Gasteiger partial charge < -0.3 is 5.73 Å². The molecule has 0 amide bonds. The predicted molar refractivity (Wildman–Crippen MR) is 83.6 cm³/mol. The summed E-state index contributed by atoms with van der Waals surface area (Å²) in [5.74, 6) is 0. The van der Waals surface area contributed by atoms with E-state index in [9.17, 15) is 0 Å². The third-order valence-electron chi connectivity index (χ3n) is 2.75. The number of benzene rings is 1. The van der Waals surface area contributed by atoms with E-state index < -0.39 is 0 Å². The van der Waals surface area contributed by atoms with Crippen molar-refractivity contribution in [1.82, 2.24) is 0 Å². The second-order valence-corrected chi connectivity index (χ2v) is 7.30. The van der Waals surface area contributed by atoms with E-state index in [1.165, 1.54) is 25.1 Å². The number of rotatable bonds is 3. The number of halogens is 1. The van der Waals surface area contributed by atoms with Crippen LogP contribution in [0.5, 0.6) is 0 Å². The zero-order valence-corrected chi connectivity index (χ0v) is 13.0. The fourth-order valence-electron chi connectivity index (χ4n) is 2.08. The van der Waals surface area contributed by atoms with Gasteiger partial charge in [-0.1, -0.05) is 29.3 Å². The maximum atomic E-state index is 6.24. The van der Waals surface area contributed by atoms with Crippen LogP contribution in [-0.2, 0) is 6.42 Å². The van der Waals surface area contributed by atoms with Crippen LogP contribution in [0.2, 0.25) is 0 Å². The molecule has 1 heterocycles. The lowest BCUT2D eigenvalue weighted by atomic mass is 9.99. The molecule has 1 unspecified atom stereocenters. The minimum absolute atomic E-state index is 0.107. The fraction of sp³-hybridized carbons (Fsp3) is 0.286. The largest absolute Gasteiger partial charge is 0.324 e. The minimum Gasteiger partial charge on any atom is -0.324 e. The first-order chi connectivity index (χ1) is 8.04. The van der Waals surface area contributed by atoms with Gasteiger partial charge in [-0.05, 0) is 65.4 Å². The van der Waals surface area contributed by atoms with E-state index in [-0.39, 0.29) is 6.04 Å². The van der Waals surface area contributed by atoms with Crippen LogP contribution in [0.15, 0.2) is 29.6 Å². The molecule has 2 aromatic rings. The Morgan fingerprint density at radius 1 is 1.18 bits per heavy atom. The summed E-state index contributed by atoms with van der Waals surface area (Å²) < 4.78 is 1.30. The Hall–Kier alpha value is -0.390. The number of hydrogen-bond acceptors (Lipinski definition) is 2. The topological polar surface area (TPSA) is 26.0 Å². The predicted octanol–water partition coefficient (Wildman–Crippen LogP) is 4.21. The van der Waals surface area contributed by atoms with E-state index >= 15 is 0 Å². The van der Waals surface area contributed by atoms with Crippen LogP contribution in [0.3, 0.4) is 0 Å². The molecule has 2 rings (SSSR count). The highest BCUT2D eigenvalue weighted by Crippen LogP contribution is 2.24. The van der Waals surface area contributed by atoms with Gasteiger partial charge >= 0.3 is 0 Å². The molecule has 90 valence electrons. The van der Waals surface area contributed by atoms with Gasteiger partial charge in [0.2, 0.25) is 0 Å². The zero-order valence-electron chi connectivity index (χ0n) is 10.0. The Bertz CT molecular complexity index is 498. The van der Waals surface area contributed by atoms with Crippen molar-refractivity contribution in [2.45, 2.75) is 26.3 Å². The monoisotopic (exact) mass is 357 g/mol. The summed E-state index contributed by atoms with van der Waals surface area (Å²) in [4.78, 5) is 0. The maximum Gasteiger partial charge on any atom is 0.0656 e. The molecule has 0 aliphatic rings. The van der Waals surface area contributed by atoms with E-state index in [0.717, 1.165) is 6.42 Å². The van der Waals surface area contributed by atoms with Crippen LogP contribution in [0.1, 0.15) is 28.3 Å². The fourth-order valence-corrected chi connectivity index (χ4v) is 3.51. The molecule has 1 aromatic heterocycles. The summed E-state index contributed by atoms with van der Waals surface area (Å²) in [6.07, 6.45) is 0.912. The van der Waals surface area contributed by atoms with Gasteiger partial charge in [0.05, 0.1) is 2.88 Å². The maximum absolute atomic E-state index is 6.24. The lowest BCUT2D eigenvalue weighted by Gasteiger charge is -2.11. The molecule has 1 nitrogen and oxygen atoms in total. The van der Waals surface area contributed by atoms with Crippen LogP contribution in [0.25, 0.3) is 0 Å². The minimum atomic E-state index is 0.107. The summed E-state index contributed by atoms with van der Waals surface area (Å²) in [7, 11) is 0. The zero-order chi connectivity index (χ0) is 12.4. The molecule has 0 saturated heterocycles. The summed E-state index contributed by atoms with van der Waals surface area (Å²) in [5, 5.41) is 2.16. The van der Waals surface area contributed by atoms with E-state index in [0.29, 0.717) is 0 Å². The highest BCUT2D eigenvalue weighted by molar-refractivity contribution is 14.1. The molecule has 3 heteroatoms. The van der Waals surface area contributed by atoms with Gasteiger partial charge in [-0.15, -0.1) is 11.3 Å². The number of nitrogens with two attached hydrogens (primary N) is 1. The van der Waals surface area contributed by atoms with Crippen LogP contribution in [0.4, 0.5) is 0 Å². The Balaban J connectivity index is 2.15. The smallest absolute Gasteiger partial charge is 0.0656 e. The van der Waals surface area contributed by atoms with Crippen molar-refractivity contribution in [3.05, 3.63) is 54.8 Å². The van der Waals surface area contributed by atoms with Crippen molar-refractivity contribution in [1.29, 1.82) is 0 Å². The SMILES string of the molecule is Cc1cc(C)cc(CC(N)c2csc(I)c2)c1. The first-order valence-electron chi connectivity index (χ1n) is 5.61. The van der Waals surface area contributed by atoms with Crippen molar-refractivity contribution < 1.29 is 0 Å². The van der Waals surface area contributed by atoms with Crippen LogP contribution < -0.4 is 5.73 Å². The molecule has 0 bridgehead atoms. The van der Waals surface area contributed by atoms with E-state index in [1.807, 2.05) is 0 Å². The standard InChI is InChI=1S/C14H16INS/c1-9-3-10(2)5-11(4-9)6-13(16)12-7-14(15)17-8-12/h3-5,7-8,13H,6,16H2,1-2H3. The summed E-state index contributed by atoms with van der Waals surface area (Å²) in [5.41, 5.74) is 11.4. The van der Waals surface area contributed by atoms with E-state index in [4.69, 9.17) is 5.73 Å². The highest BCUT2D eigenvalue weighted by atomic mass is 127. The summed E-state index contributed by atoms with van der Waals surface area (Å²) in [6.45, 7) is 4.27. The Labute approximate surface area is 120 Å². The van der Waals surface area contributed by atoms with Gasteiger partial charge in [-0.3, -0.25) is 0 Å². The van der Waals surface area contributed by atoms with Gasteiger partial charge in [0.15, 0.2) is 0 Å². The third kappa shape index (κ3) is 3.53. The first-order valence-corrected chi connectivity index (χ1v) is 7.57. The molecular weight excluding hydrogens is 341 g/mol. The van der Waals surface area contributed by atoms with E-state index in [1.54, 1.807) is 11.3 Å². The number of aryl methyl sites for hydroxylation is 2. The second kappa shape index (κ2) is 5.50. The van der Waals surface area contributed by atoms with Crippen molar-refractivity contribution in [2.75, 3.05) is 0 Å². The Morgan fingerprint density at radius 2 is 1.82 bits per heavy atom. The average molecular weight is 357 g/mol. The van der Waals surface area contributed by atoms with Gasteiger partial charge in [0.1, 0.15) is 0 Å². The lowest BCUT2D eigenvalue weighted by Crippen LogP contribution is -2.12. The third-order valence-corrected chi connectivity index (χ3v) is 4.56. The molecule has 0 aliphatic heterocycles. The number of hydrogen-bond donors (Lipinski definition) is 1. The van der Waals surface area contributed by atoms with Gasteiger partial charge in [0, 0.05) is 6.04 Å². The lowest BCUT2D eigenvalue weighted by molar-refractivity contribution is 0.724. The van der Waals surface area contributed by atoms with E-state index in [2.05, 4.69) is 66.1 Å². The average Bonchev–Trinajstić information content (AvgIpc) is 2.63. The molecule has 0 saturated carbocycles. The number of thiophene rings is 1. The quantitative estimate of drug-likeness (QED) is 0.819. The van der Waals surface area contributed by atoms with Crippen LogP contribution in [0, 0.1) is 16.7 Å².